The number of aromatic nitrogens is 1. The summed E-state index contributed by atoms with van der Waals surface area (Å²) in [5.74, 6) is -0.844. The quantitative estimate of drug-likeness (QED) is 0.565. The minimum Gasteiger partial charge on any atom is -0.338 e. The number of carbonyl (C=O) groups excluding carboxylic acids is 1. The van der Waals surface area contributed by atoms with Gasteiger partial charge in [0.05, 0.1) is 12.3 Å². The molecule has 1 aromatic carbocycles. The third-order valence-corrected chi connectivity index (χ3v) is 8.16. The van der Waals surface area contributed by atoms with Crippen LogP contribution in [0.4, 0.5) is 8.78 Å². The van der Waals surface area contributed by atoms with Gasteiger partial charge in [0.25, 0.3) is 0 Å². The molecule has 3 aliphatic rings. The van der Waals surface area contributed by atoms with E-state index in [0.717, 1.165) is 55.7 Å². The molecule has 0 spiro atoms. The molecular weight excluding hydrogens is 458 g/mol. The van der Waals surface area contributed by atoms with E-state index in [1.807, 2.05) is 24.1 Å². The first-order valence-corrected chi connectivity index (χ1v) is 13.0. The van der Waals surface area contributed by atoms with Gasteiger partial charge >= 0.3 is 0 Å². The van der Waals surface area contributed by atoms with Crippen LogP contribution in [0.1, 0.15) is 55.8 Å². The number of amides is 1. The number of rotatable bonds is 6. The van der Waals surface area contributed by atoms with Crippen LogP contribution < -0.4 is 0 Å². The zero-order chi connectivity index (χ0) is 25.3. The van der Waals surface area contributed by atoms with Crippen molar-refractivity contribution in [2.45, 2.75) is 52.5 Å². The molecule has 1 aromatic heterocycles. The summed E-state index contributed by atoms with van der Waals surface area (Å²) >= 11 is 0. The average Bonchev–Trinajstić information content (AvgIpc) is 3.30. The first-order chi connectivity index (χ1) is 17.4. The van der Waals surface area contributed by atoms with E-state index in [2.05, 4.69) is 22.9 Å². The second kappa shape index (κ2) is 10.2. The Hall–Kier alpha value is -2.93. The third-order valence-electron chi connectivity index (χ3n) is 8.16. The summed E-state index contributed by atoms with van der Waals surface area (Å²) < 4.78 is 28.5. The van der Waals surface area contributed by atoms with Gasteiger partial charge in [0.2, 0.25) is 5.91 Å². The lowest BCUT2D eigenvalue weighted by Gasteiger charge is -2.43. The van der Waals surface area contributed by atoms with Crippen LogP contribution in [-0.4, -0.2) is 59.1 Å². The summed E-state index contributed by atoms with van der Waals surface area (Å²) in [7, 11) is 0. The molecule has 0 aliphatic carbocycles. The molecule has 2 aromatic rings. The number of hydrogen-bond acceptors (Lipinski definition) is 4. The molecule has 1 unspecified atom stereocenters. The molecule has 4 heterocycles. The predicted molar refractivity (Wildman–Crippen MR) is 137 cm³/mol. The van der Waals surface area contributed by atoms with Gasteiger partial charge in [-0.05, 0) is 80.0 Å². The fourth-order valence-corrected chi connectivity index (χ4v) is 6.00. The minimum absolute atomic E-state index is 0.116. The van der Waals surface area contributed by atoms with Crippen molar-refractivity contribution >= 4 is 11.6 Å². The van der Waals surface area contributed by atoms with E-state index in [1.54, 1.807) is 0 Å². The standard InChI is InChI=1S/C29H34F2N4O/c1-3-29(10-5-12-34(19-29)17-24-25(30)6-4-7-26(24)31)15-27(36)35-13-9-22-16-33-28(23(22)18-35)21-8-11-32-20(2)14-21/h4,6-8,11,14H,3,5,9-10,12-13,15-19H2,1-2H3. The number of carbonyl (C=O) groups is 1. The van der Waals surface area contributed by atoms with Crippen molar-refractivity contribution in [2.24, 2.45) is 10.4 Å². The molecule has 0 N–H and O–H groups in total. The first kappa shape index (κ1) is 24.8. The smallest absolute Gasteiger partial charge is 0.223 e. The Morgan fingerprint density at radius 2 is 1.97 bits per heavy atom. The summed E-state index contributed by atoms with van der Waals surface area (Å²) in [4.78, 5) is 26.8. The zero-order valence-corrected chi connectivity index (χ0v) is 21.2. The van der Waals surface area contributed by atoms with Gasteiger partial charge < -0.3 is 4.90 Å². The van der Waals surface area contributed by atoms with E-state index in [4.69, 9.17) is 4.99 Å². The number of piperidine rings is 1. The van der Waals surface area contributed by atoms with Crippen molar-refractivity contribution < 1.29 is 13.6 Å². The highest BCUT2D eigenvalue weighted by atomic mass is 19.1. The van der Waals surface area contributed by atoms with Crippen LogP contribution in [0.15, 0.2) is 52.7 Å². The third kappa shape index (κ3) is 4.99. The lowest BCUT2D eigenvalue weighted by Crippen LogP contribution is -2.47. The summed E-state index contributed by atoms with van der Waals surface area (Å²) in [6.07, 6.45) is 5.87. The van der Waals surface area contributed by atoms with Gasteiger partial charge in [-0.1, -0.05) is 13.0 Å². The lowest BCUT2D eigenvalue weighted by atomic mass is 9.74. The van der Waals surface area contributed by atoms with Gasteiger partial charge in [-0.2, -0.15) is 0 Å². The molecule has 7 heteroatoms. The van der Waals surface area contributed by atoms with Crippen LogP contribution in [0, 0.1) is 24.0 Å². The highest BCUT2D eigenvalue weighted by molar-refractivity contribution is 6.15. The second-order valence-electron chi connectivity index (χ2n) is 10.5. The number of nitrogens with zero attached hydrogens (tertiary/aromatic N) is 4. The molecule has 1 saturated heterocycles. The van der Waals surface area contributed by atoms with E-state index in [-0.39, 0.29) is 23.4 Å². The van der Waals surface area contributed by atoms with Crippen molar-refractivity contribution in [3.63, 3.8) is 0 Å². The van der Waals surface area contributed by atoms with Crippen LogP contribution >= 0.6 is 0 Å². The van der Waals surface area contributed by atoms with E-state index in [9.17, 15) is 13.6 Å². The molecule has 1 atom stereocenters. The monoisotopic (exact) mass is 492 g/mol. The Bertz CT molecular complexity index is 1200. The van der Waals surface area contributed by atoms with E-state index in [1.165, 1.54) is 29.3 Å². The lowest BCUT2D eigenvalue weighted by molar-refractivity contribution is -0.134. The molecular formula is C29H34F2N4O. The fraction of sp³-hybridized carbons (Fsp3) is 0.483. The van der Waals surface area contributed by atoms with Crippen LogP contribution in [0.25, 0.3) is 0 Å². The first-order valence-electron chi connectivity index (χ1n) is 13.0. The van der Waals surface area contributed by atoms with Crippen molar-refractivity contribution in [3.8, 4) is 0 Å². The minimum atomic E-state index is -0.505. The fourth-order valence-electron chi connectivity index (χ4n) is 6.00. The maximum atomic E-state index is 14.3. The predicted octanol–water partition coefficient (Wildman–Crippen LogP) is 5.08. The Kier molecular flexibility index (Phi) is 7.02. The molecule has 1 amide bonds. The maximum Gasteiger partial charge on any atom is 0.223 e. The number of hydrogen-bond donors (Lipinski definition) is 0. The number of benzene rings is 1. The molecule has 5 nitrogen and oxygen atoms in total. The molecule has 0 bridgehead atoms. The van der Waals surface area contributed by atoms with Gasteiger partial charge in [0.15, 0.2) is 0 Å². The van der Waals surface area contributed by atoms with Gasteiger partial charge in [0.1, 0.15) is 11.6 Å². The van der Waals surface area contributed by atoms with Crippen LogP contribution in [0.3, 0.4) is 0 Å². The van der Waals surface area contributed by atoms with Crippen LogP contribution in [-0.2, 0) is 11.3 Å². The van der Waals surface area contributed by atoms with Crippen molar-refractivity contribution in [2.75, 3.05) is 32.7 Å². The van der Waals surface area contributed by atoms with Gasteiger partial charge in [-0.25, -0.2) is 8.78 Å². The molecule has 36 heavy (non-hydrogen) atoms. The Balaban J connectivity index is 1.27. The maximum absolute atomic E-state index is 14.3. The molecule has 3 aliphatic heterocycles. The summed E-state index contributed by atoms with van der Waals surface area (Å²) in [5, 5.41) is 0. The normalized spacial score (nSPS) is 22.6. The molecule has 1 fully saturated rings. The van der Waals surface area contributed by atoms with Crippen LogP contribution in [0.5, 0.6) is 0 Å². The molecule has 0 saturated carbocycles. The van der Waals surface area contributed by atoms with E-state index in [0.29, 0.717) is 26.1 Å². The topological polar surface area (TPSA) is 48.8 Å². The van der Waals surface area contributed by atoms with Crippen molar-refractivity contribution in [1.82, 2.24) is 14.8 Å². The van der Waals surface area contributed by atoms with Gasteiger partial charge in [-0.15, -0.1) is 0 Å². The van der Waals surface area contributed by atoms with E-state index >= 15 is 0 Å². The number of aliphatic imine (C=N–C) groups is 1. The van der Waals surface area contributed by atoms with Gasteiger partial charge in [-0.3, -0.25) is 19.7 Å². The van der Waals surface area contributed by atoms with Crippen LogP contribution in [0.2, 0.25) is 0 Å². The highest BCUT2D eigenvalue weighted by Gasteiger charge is 2.38. The molecule has 190 valence electrons. The summed E-state index contributed by atoms with van der Waals surface area (Å²) in [6, 6.07) is 8.06. The SMILES string of the molecule is CCC1(CC(=O)N2CCC3=C(C2)C(c2ccnc(C)c2)=NC3)CCCN(Cc2c(F)cccc2F)C1. The number of likely N-dealkylation sites (tertiary alicyclic amines) is 1. The van der Waals surface area contributed by atoms with Crippen molar-refractivity contribution in [1.29, 1.82) is 0 Å². The number of halogens is 2. The van der Waals surface area contributed by atoms with E-state index < -0.39 is 11.6 Å². The Morgan fingerprint density at radius 3 is 2.72 bits per heavy atom. The zero-order valence-electron chi connectivity index (χ0n) is 21.2. The summed E-state index contributed by atoms with van der Waals surface area (Å²) in [6.45, 7) is 7.84. The molecule has 0 radical (unpaired) electrons. The molecule has 5 rings (SSSR count). The highest BCUT2D eigenvalue weighted by Crippen LogP contribution is 2.39. The second-order valence-corrected chi connectivity index (χ2v) is 10.5. The number of aryl methyl sites for hydroxylation is 1. The number of pyridine rings is 1. The summed E-state index contributed by atoms with van der Waals surface area (Å²) in [5.41, 5.74) is 5.47. The Morgan fingerprint density at radius 1 is 1.17 bits per heavy atom. The average molecular weight is 493 g/mol. The largest absolute Gasteiger partial charge is 0.338 e. The van der Waals surface area contributed by atoms with Crippen molar-refractivity contribution in [3.05, 3.63) is 76.1 Å². The Labute approximate surface area is 211 Å². The van der Waals surface area contributed by atoms with Gasteiger partial charge in [0, 0.05) is 55.6 Å².